The molecule has 1 saturated carbocycles. The second-order valence-corrected chi connectivity index (χ2v) is 4.48. The van der Waals surface area contributed by atoms with E-state index < -0.39 is 0 Å². The summed E-state index contributed by atoms with van der Waals surface area (Å²) in [6, 6.07) is 0. The Bertz CT molecular complexity index is 86.2. The van der Waals surface area contributed by atoms with Crippen LogP contribution in [0.25, 0.3) is 0 Å². The molecule has 0 unspecified atom stereocenters. The summed E-state index contributed by atoms with van der Waals surface area (Å²) in [6.07, 6.45) is 10.5. The molecule has 0 aromatic heterocycles. The van der Waals surface area contributed by atoms with Crippen LogP contribution in [0.4, 0.5) is 0 Å². The SMILES string of the molecule is CC(C)CCCCCC1CC1. The molecule has 0 nitrogen and oxygen atoms in total. The molecular formula is C11H22. The van der Waals surface area contributed by atoms with Crippen LogP contribution in [0.3, 0.4) is 0 Å². The van der Waals surface area contributed by atoms with E-state index in [1.54, 1.807) is 0 Å². The first-order valence-electron chi connectivity index (χ1n) is 5.29. The average molecular weight is 154 g/mol. The van der Waals surface area contributed by atoms with Crippen LogP contribution in [-0.2, 0) is 0 Å². The van der Waals surface area contributed by atoms with Gasteiger partial charge in [0.15, 0.2) is 0 Å². The molecule has 0 saturated heterocycles. The summed E-state index contributed by atoms with van der Waals surface area (Å²) in [7, 11) is 0. The Balaban J connectivity index is 1.73. The van der Waals surface area contributed by atoms with Gasteiger partial charge in [-0.05, 0) is 11.8 Å². The normalized spacial score (nSPS) is 17.7. The minimum Gasteiger partial charge on any atom is -0.0628 e. The molecule has 0 spiro atoms. The lowest BCUT2D eigenvalue weighted by Crippen LogP contribution is -1.87. The summed E-state index contributed by atoms with van der Waals surface area (Å²) >= 11 is 0. The first kappa shape index (κ1) is 9.09. The lowest BCUT2D eigenvalue weighted by Gasteiger charge is -2.03. The molecule has 0 radical (unpaired) electrons. The fourth-order valence-corrected chi connectivity index (χ4v) is 1.57. The topological polar surface area (TPSA) is 0 Å². The molecule has 0 aromatic carbocycles. The Morgan fingerprint density at radius 3 is 2.36 bits per heavy atom. The van der Waals surface area contributed by atoms with Crippen molar-refractivity contribution in [3.8, 4) is 0 Å². The highest BCUT2D eigenvalue weighted by atomic mass is 14.3. The van der Waals surface area contributed by atoms with Crippen LogP contribution in [0.15, 0.2) is 0 Å². The van der Waals surface area contributed by atoms with Crippen molar-refractivity contribution in [3.05, 3.63) is 0 Å². The molecule has 0 bridgehead atoms. The van der Waals surface area contributed by atoms with E-state index in [1.807, 2.05) is 0 Å². The summed E-state index contributed by atoms with van der Waals surface area (Å²) < 4.78 is 0. The summed E-state index contributed by atoms with van der Waals surface area (Å²) in [4.78, 5) is 0. The van der Waals surface area contributed by atoms with E-state index in [0.29, 0.717) is 0 Å². The first-order chi connectivity index (χ1) is 5.29. The van der Waals surface area contributed by atoms with E-state index in [1.165, 1.54) is 44.9 Å². The zero-order valence-corrected chi connectivity index (χ0v) is 8.10. The van der Waals surface area contributed by atoms with Gasteiger partial charge in [0.2, 0.25) is 0 Å². The van der Waals surface area contributed by atoms with Crippen LogP contribution < -0.4 is 0 Å². The zero-order valence-electron chi connectivity index (χ0n) is 8.10. The van der Waals surface area contributed by atoms with Gasteiger partial charge < -0.3 is 0 Å². The summed E-state index contributed by atoms with van der Waals surface area (Å²) in [5, 5.41) is 0. The monoisotopic (exact) mass is 154 g/mol. The van der Waals surface area contributed by atoms with E-state index in [2.05, 4.69) is 13.8 Å². The highest BCUT2D eigenvalue weighted by molar-refractivity contribution is 4.72. The molecule has 0 heterocycles. The van der Waals surface area contributed by atoms with E-state index in [0.717, 1.165) is 11.8 Å². The van der Waals surface area contributed by atoms with E-state index in [9.17, 15) is 0 Å². The second-order valence-electron chi connectivity index (χ2n) is 4.48. The van der Waals surface area contributed by atoms with Gasteiger partial charge in [0.05, 0.1) is 0 Å². The fourth-order valence-electron chi connectivity index (χ4n) is 1.57. The van der Waals surface area contributed by atoms with Crippen LogP contribution in [-0.4, -0.2) is 0 Å². The minimum atomic E-state index is 0.913. The van der Waals surface area contributed by atoms with Gasteiger partial charge in [-0.25, -0.2) is 0 Å². The standard InChI is InChI=1S/C11H22/c1-10(2)6-4-3-5-7-11-8-9-11/h10-11H,3-9H2,1-2H3. The summed E-state index contributed by atoms with van der Waals surface area (Å²) in [5.41, 5.74) is 0. The lowest BCUT2D eigenvalue weighted by molar-refractivity contribution is 0.511. The predicted molar refractivity (Wildman–Crippen MR) is 50.6 cm³/mol. The average Bonchev–Trinajstić information content (AvgIpc) is 2.70. The van der Waals surface area contributed by atoms with Crippen LogP contribution >= 0.6 is 0 Å². The molecule has 1 fully saturated rings. The molecule has 0 aliphatic heterocycles. The third-order valence-corrected chi connectivity index (χ3v) is 2.59. The van der Waals surface area contributed by atoms with Gasteiger partial charge in [-0.15, -0.1) is 0 Å². The van der Waals surface area contributed by atoms with Crippen LogP contribution in [0, 0.1) is 11.8 Å². The Morgan fingerprint density at radius 1 is 1.09 bits per heavy atom. The first-order valence-corrected chi connectivity index (χ1v) is 5.29. The van der Waals surface area contributed by atoms with Crippen molar-refractivity contribution < 1.29 is 0 Å². The molecule has 0 atom stereocenters. The summed E-state index contributed by atoms with van der Waals surface area (Å²) in [5.74, 6) is 2.06. The maximum atomic E-state index is 2.32. The Morgan fingerprint density at radius 2 is 1.82 bits per heavy atom. The van der Waals surface area contributed by atoms with Crippen molar-refractivity contribution in [3.63, 3.8) is 0 Å². The Kier molecular flexibility index (Phi) is 3.96. The van der Waals surface area contributed by atoms with E-state index >= 15 is 0 Å². The molecule has 0 N–H and O–H groups in total. The number of unbranched alkanes of at least 4 members (excludes halogenated alkanes) is 2. The van der Waals surface area contributed by atoms with Crippen molar-refractivity contribution in [1.29, 1.82) is 0 Å². The van der Waals surface area contributed by atoms with Crippen LogP contribution in [0.1, 0.15) is 58.8 Å². The van der Waals surface area contributed by atoms with E-state index in [-0.39, 0.29) is 0 Å². The molecule has 1 rings (SSSR count). The van der Waals surface area contributed by atoms with Gasteiger partial charge in [0.25, 0.3) is 0 Å². The molecule has 66 valence electrons. The van der Waals surface area contributed by atoms with Crippen molar-refractivity contribution in [2.24, 2.45) is 11.8 Å². The Hall–Kier alpha value is 0. The van der Waals surface area contributed by atoms with Gasteiger partial charge in [-0.3, -0.25) is 0 Å². The minimum absolute atomic E-state index is 0.913. The molecule has 0 aromatic rings. The smallest absolute Gasteiger partial charge is 0.0414 e. The molecular weight excluding hydrogens is 132 g/mol. The number of hydrogen-bond donors (Lipinski definition) is 0. The van der Waals surface area contributed by atoms with Crippen molar-refractivity contribution >= 4 is 0 Å². The highest BCUT2D eigenvalue weighted by Crippen LogP contribution is 2.34. The fraction of sp³-hybridized carbons (Fsp3) is 1.00. The van der Waals surface area contributed by atoms with Gasteiger partial charge in [0.1, 0.15) is 0 Å². The lowest BCUT2D eigenvalue weighted by atomic mass is 10.0. The third kappa shape index (κ3) is 5.29. The van der Waals surface area contributed by atoms with Crippen molar-refractivity contribution in [2.45, 2.75) is 58.8 Å². The van der Waals surface area contributed by atoms with Gasteiger partial charge >= 0.3 is 0 Å². The van der Waals surface area contributed by atoms with Crippen LogP contribution in [0.5, 0.6) is 0 Å². The maximum Gasteiger partial charge on any atom is -0.0414 e. The maximum absolute atomic E-state index is 2.32. The predicted octanol–water partition coefficient (Wildman–Crippen LogP) is 4.00. The number of hydrogen-bond acceptors (Lipinski definition) is 0. The second kappa shape index (κ2) is 4.79. The largest absolute Gasteiger partial charge is 0.0628 e. The summed E-state index contributed by atoms with van der Waals surface area (Å²) in [6.45, 7) is 4.64. The molecule has 11 heavy (non-hydrogen) atoms. The molecule has 1 aliphatic rings. The van der Waals surface area contributed by atoms with E-state index in [4.69, 9.17) is 0 Å². The number of rotatable bonds is 6. The molecule has 0 heteroatoms. The highest BCUT2D eigenvalue weighted by Gasteiger charge is 2.19. The van der Waals surface area contributed by atoms with Gasteiger partial charge in [0, 0.05) is 0 Å². The molecule has 0 amide bonds. The van der Waals surface area contributed by atoms with Gasteiger partial charge in [-0.2, -0.15) is 0 Å². The Labute approximate surface area is 71.4 Å². The quantitative estimate of drug-likeness (QED) is 0.507. The van der Waals surface area contributed by atoms with Crippen molar-refractivity contribution in [2.75, 3.05) is 0 Å². The zero-order chi connectivity index (χ0) is 8.10. The van der Waals surface area contributed by atoms with Crippen LogP contribution in [0.2, 0.25) is 0 Å². The third-order valence-electron chi connectivity index (χ3n) is 2.59. The van der Waals surface area contributed by atoms with Gasteiger partial charge in [-0.1, -0.05) is 58.8 Å². The molecule has 1 aliphatic carbocycles. The van der Waals surface area contributed by atoms with Crippen molar-refractivity contribution in [1.82, 2.24) is 0 Å².